The van der Waals surface area contributed by atoms with Crippen LogP contribution in [0.2, 0.25) is 0 Å². The summed E-state index contributed by atoms with van der Waals surface area (Å²) in [6, 6.07) is 9.78. The molecule has 1 aromatic rings. The van der Waals surface area contributed by atoms with Crippen molar-refractivity contribution in [3.63, 3.8) is 0 Å². The van der Waals surface area contributed by atoms with Crippen molar-refractivity contribution in [2.24, 2.45) is 5.92 Å². The van der Waals surface area contributed by atoms with Gasteiger partial charge in [-0.25, -0.2) is 0 Å². The van der Waals surface area contributed by atoms with Gasteiger partial charge in [0.15, 0.2) is 6.19 Å². The third-order valence-electron chi connectivity index (χ3n) is 4.61. The van der Waals surface area contributed by atoms with Crippen LogP contribution >= 0.6 is 0 Å². The van der Waals surface area contributed by atoms with Gasteiger partial charge in [-0.15, -0.1) is 0 Å². The van der Waals surface area contributed by atoms with Crippen LogP contribution in [0.1, 0.15) is 29.9 Å². The van der Waals surface area contributed by atoms with Gasteiger partial charge in [-0.2, -0.15) is 10.5 Å². The normalized spacial score (nSPS) is 21.1. The lowest BCUT2D eigenvalue weighted by molar-refractivity contribution is -0.136. The van der Waals surface area contributed by atoms with E-state index in [1.807, 2.05) is 23.1 Å². The van der Waals surface area contributed by atoms with E-state index < -0.39 is 0 Å². The summed E-state index contributed by atoms with van der Waals surface area (Å²) >= 11 is 0. The minimum atomic E-state index is 0.192. The van der Waals surface area contributed by atoms with E-state index in [0.717, 1.165) is 31.6 Å². The summed E-state index contributed by atoms with van der Waals surface area (Å²) in [6.07, 6.45) is 3.62. The van der Waals surface area contributed by atoms with Crippen molar-refractivity contribution in [3.8, 4) is 12.3 Å². The Morgan fingerprint density at radius 3 is 2.77 bits per heavy atom. The number of hydrogen-bond donors (Lipinski definition) is 0. The van der Waals surface area contributed by atoms with Crippen LogP contribution in [0, 0.1) is 28.7 Å². The Balaban J connectivity index is 1.50. The van der Waals surface area contributed by atoms with Gasteiger partial charge in [-0.05, 0) is 30.0 Å². The summed E-state index contributed by atoms with van der Waals surface area (Å²) in [6.45, 7) is 2.96. The van der Waals surface area contributed by atoms with Crippen LogP contribution < -0.4 is 0 Å². The zero-order valence-electron chi connectivity index (χ0n) is 12.4. The molecule has 2 aliphatic heterocycles. The van der Waals surface area contributed by atoms with E-state index in [1.165, 1.54) is 0 Å². The number of likely N-dealkylation sites (tertiary alicyclic amines) is 2. The van der Waals surface area contributed by atoms with E-state index in [1.54, 1.807) is 11.0 Å². The maximum atomic E-state index is 12.2. The second kappa shape index (κ2) is 6.07. The fourth-order valence-electron chi connectivity index (χ4n) is 3.22. The van der Waals surface area contributed by atoms with Gasteiger partial charge in [-0.3, -0.25) is 4.79 Å². The summed E-state index contributed by atoms with van der Waals surface area (Å²) in [5.74, 6) is 0.849. The molecule has 3 rings (SSSR count). The van der Waals surface area contributed by atoms with Gasteiger partial charge in [0.25, 0.3) is 0 Å². The molecule has 0 N–H and O–H groups in total. The Hall–Kier alpha value is -2.53. The number of hydrogen-bond acceptors (Lipinski definition) is 4. The largest absolute Gasteiger partial charge is 0.341 e. The van der Waals surface area contributed by atoms with Crippen molar-refractivity contribution in [2.45, 2.75) is 18.8 Å². The number of carbonyl (C=O) groups excluding carboxylic acids is 1. The lowest BCUT2D eigenvalue weighted by atomic mass is 9.89. The summed E-state index contributed by atoms with van der Waals surface area (Å²) < 4.78 is 0. The van der Waals surface area contributed by atoms with Crippen LogP contribution in [0.3, 0.4) is 0 Å². The third kappa shape index (κ3) is 2.89. The topological polar surface area (TPSA) is 71.1 Å². The number of amides is 1. The first-order valence-electron chi connectivity index (χ1n) is 7.62. The molecule has 1 atom stereocenters. The summed E-state index contributed by atoms with van der Waals surface area (Å²) in [7, 11) is 0. The van der Waals surface area contributed by atoms with E-state index >= 15 is 0 Å². The SMILES string of the molecule is N#Cc1cccc(C2CN(C(=O)C[C@@H]3CCN(C#N)C3)C2)c1. The number of carbonyl (C=O) groups is 1. The minimum Gasteiger partial charge on any atom is -0.341 e. The third-order valence-corrected chi connectivity index (χ3v) is 4.61. The summed E-state index contributed by atoms with van der Waals surface area (Å²) in [4.78, 5) is 15.9. The highest BCUT2D eigenvalue weighted by molar-refractivity contribution is 5.77. The highest BCUT2D eigenvalue weighted by atomic mass is 16.2. The van der Waals surface area contributed by atoms with Crippen molar-refractivity contribution in [1.82, 2.24) is 9.80 Å². The molecule has 22 heavy (non-hydrogen) atoms. The second-order valence-corrected chi connectivity index (χ2v) is 6.14. The second-order valence-electron chi connectivity index (χ2n) is 6.14. The van der Waals surface area contributed by atoms with E-state index in [4.69, 9.17) is 10.5 Å². The number of nitrogens with zero attached hydrogens (tertiary/aromatic N) is 4. The monoisotopic (exact) mass is 294 g/mol. The van der Waals surface area contributed by atoms with E-state index in [9.17, 15) is 4.79 Å². The van der Waals surface area contributed by atoms with Gasteiger partial charge in [0.1, 0.15) is 0 Å². The first-order valence-corrected chi connectivity index (χ1v) is 7.62. The predicted octanol–water partition coefficient (Wildman–Crippen LogP) is 1.68. The Labute approximate surface area is 130 Å². The van der Waals surface area contributed by atoms with Gasteiger partial charge in [0.05, 0.1) is 11.6 Å². The van der Waals surface area contributed by atoms with Crippen LogP contribution in [-0.2, 0) is 4.79 Å². The highest BCUT2D eigenvalue weighted by Gasteiger charge is 2.33. The smallest absolute Gasteiger partial charge is 0.222 e. The first kappa shape index (κ1) is 14.4. The molecule has 5 heteroatoms. The number of nitriles is 2. The molecule has 0 radical (unpaired) electrons. The van der Waals surface area contributed by atoms with Gasteiger partial charge in [0.2, 0.25) is 5.91 Å². The summed E-state index contributed by atoms with van der Waals surface area (Å²) in [5, 5.41) is 17.8. The Bertz CT molecular complexity index is 651. The average Bonchev–Trinajstić information content (AvgIpc) is 2.93. The molecular formula is C17H18N4O. The molecule has 112 valence electrons. The summed E-state index contributed by atoms with van der Waals surface area (Å²) in [5.41, 5.74) is 1.81. The molecule has 2 fully saturated rings. The molecule has 1 aromatic carbocycles. The van der Waals surface area contributed by atoms with Crippen molar-refractivity contribution in [1.29, 1.82) is 10.5 Å². The predicted molar refractivity (Wildman–Crippen MR) is 80.4 cm³/mol. The quantitative estimate of drug-likeness (QED) is 0.795. The van der Waals surface area contributed by atoms with Crippen molar-refractivity contribution in [2.75, 3.05) is 26.2 Å². The Morgan fingerprint density at radius 1 is 1.27 bits per heavy atom. The number of rotatable bonds is 3. The fraction of sp³-hybridized carbons (Fsp3) is 0.471. The zero-order valence-corrected chi connectivity index (χ0v) is 12.4. The Kier molecular flexibility index (Phi) is 3.98. The first-order chi connectivity index (χ1) is 10.7. The standard InChI is InChI=1S/C17H18N4O/c18-8-13-2-1-3-15(6-13)16-10-21(11-16)17(22)7-14-4-5-20(9-14)12-19/h1-3,6,14,16H,4-5,7,9-11H2/t14-/m0/s1. The lowest BCUT2D eigenvalue weighted by Gasteiger charge is -2.40. The van der Waals surface area contributed by atoms with E-state index in [2.05, 4.69) is 12.3 Å². The molecular weight excluding hydrogens is 276 g/mol. The van der Waals surface area contributed by atoms with Crippen molar-refractivity contribution < 1.29 is 4.79 Å². The molecule has 0 aliphatic carbocycles. The molecule has 0 spiro atoms. The van der Waals surface area contributed by atoms with Crippen LogP contribution in [0.15, 0.2) is 24.3 Å². The van der Waals surface area contributed by atoms with E-state index in [-0.39, 0.29) is 5.91 Å². The van der Waals surface area contributed by atoms with Crippen LogP contribution in [0.5, 0.6) is 0 Å². The maximum absolute atomic E-state index is 12.2. The average molecular weight is 294 g/mol. The van der Waals surface area contributed by atoms with Gasteiger partial charge < -0.3 is 9.80 Å². The molecule has 0 bridgehead atoms. The van der Waals surface area contributed by atoms with E-state index in [0.29, 0.717) is 30.4 Å². The van der Waals surface area contributed by atoms with Gasteiger partial charge in [-0.1, -0.05) is 12.1 Å². The maximum Gasteiger partial charge on any atom is 0.222 e. The fourth-order valence-corrected chi connectivity index (χ4v) is 3.22. The molecule has 0 aromatic heterocycles. The van der Waals surface area contributed by atoms with Gasteiger partial charge in [0, 0.05) is 38.5 Å². The highest BCUT2D eigenvalue weighted by Crippen LogP contribution is 2.29. The van der Waals surface area contributed by atoms with Gasteiger partial charge >= 0.3 is 0 Å². The van der Waals surface area contributed by atoms with Crippen molar-refractivity contribution in [3.05, 3.63) is 35.4 Å². The molecule has 5 nitrogen and oxygen atoms in total. The lowest BCUT2D eigenvalue weighted by Crippen LogP contribution is -2.49. The zero-order chi connectivity index (χ0) is 15.5. The van der Waals surface area contributed by atoms with Crippen molar-refractivity contribution >= 4 is 5.91 Å². The Morgan fingerprint density at radius 2 is 2.09 bits per heavy atom. The molecule has 2 saturated heterocycles. The molecule has 0 unspecified atom stereocenters. The molecule has 1 amide bonds. The number of benzene rings is 1. The molecule has 2 aliphatic rings. The molecule has 0 saturated carbocycles. The van der Waals surface area contributed by atoms with Crippen LogP contribution in [-0.4, -0.2) is 41.9 Å². The minimum absolute atomic E-state index is 0.192. The molecule has 2 heterocycles. The van der Waals surface area contributed by atoms with Crippen LogP contribution in [0.4, 0.5) is 0 Å². The van der Waals surface area contributed by atoms with Crippen LogP contribution in [0.25, 0.3) is 0 Å².